The van der Waals surface area contributed by atoms with Crippen molar-refractivity contribution in [3.63, 3.8) is 0 Å². The van der Waals surface area contributed by atoms with E-state index in [1.807, 2.05) is 30.3 Å². The Bertz CT molecular complexity index is 791. The Balaban J connectivity index is 2.10. The van der Waals surface area contributed by atoms with Crippen LogP contribution in [0.5, 0.6) is 5.88 Å². The van der Waals surface area contributed by atoms with E-state index >= 15 is 0 Å². The average Bonchev–Trinajstić information content (AvgIpc) is 2.55. The molecular formula is C16H14N3O2Si. The third-order valence-electron chi connectivity index (χ3n) is 3.32. The molecule has 1 N–H and O–H groups in total. The van der Waals surface area contributed by atoms with Gasteiger partial charge in [0.05, 0.1) is 33.8 Å². The zero-order chi connectivity index (χ0) is 15.5. The van der Waals surface area contributed by atoms with E-state index in [-0.39, 0.29) is 0 Å². The Morgan fingerprint density at radius 2 is 1.91 bits per heavy atom. The van der Waals surface area contributed by atoms with E-state index in [1.54, 1.807) is 19.3 Å². The first-order valence-corrected chi connectivity index (χ1v) is 7.57. The third-order valence-corrected chi connectivity index (χ3v) is 3.47. The normalized spacial score (nSPS) is 12.3. The largest absolute Gasteiger partial charge is 0.481 e. The maximum Gasteiger partial charge on any atom is 0.242 e. The van der Waals surface area contributed by atoms with Gasteiger partial charge >= 0.3 is 0 Å². The first-order valence-electron chi connectivity index (χ1n) is 6.86. The van der Waals surface area contributed by atoms with Gasteiger partial charge in [0.15, 0.2) is 5.52 Å². The Kier molecular flexibility index (Phi) is 4.12. The number of aromatic nitrogens is 3. The summed E-state index contributed by atoms with van der Waals surface area (Å²) in [5.41, 5.74) is 3.89. The minimum Gasteiger partial charge on any atom is -0.481 e. The summed E-state index contributed by atoms with van der Waals surface area (Å²) in [6, 6.07) is 9.48. The fourth-order valence-corrected chi connectivity index (χ4v) is 2.33. The molecule has 1 aromatic carbocycles. The second-order valence-electron chi connectivity index (χ2n) is 4.82. The van der Waals surface area contributed by atoms with Gasteiger partial charge in [-0.05, 0) is 18.6 Å². The monoisotopic (exact) mass is 308 g/mol. The molecule has 0 aliphatic heterocycles. The Morgan fingerprint density at radius 3 is 2.59 bits per heavy atom. The molecule has 1 unspecified atom stereocenters. The molecule has 109 valence electrons. The zero-order valence-electron chi connectivity index (χ0n) is 12.0. The highest BCUT2D eigenvalue weighted by atomic mass is 28.1. The third kappa shape index (κ3) is 2.83. The second kappa shape index (κ2) is 6.21. The Morgan fingerprint density at radius 1 is 1.18 bits per heavy atom. The molecule has 3 radical (unpaired) electrons. The number of fused-ring (bicyclic) bond motifs is 1. The first kappa shape index (κ1) is 14.6. The SMILES string of the molecule is CC(O)c1ccc(-c2cc3nccnc3c(OC[Si])n2)cc1. The molecule has 0 bridgehead atoms. The van der Waals surface area contributed by atoms with E-state index in [0.29, 0.717) is 17.6 Å². The van der Waals surface area contributed by atoms with Gasteiger partial charge in [0.25, 0.3) is 0 Å². The highest BCUT2D eigenvalue weighted by Crippen LogP contribution is 2.27. The molecule has 6 heteroatoms. The van der Waals surface area contributed by atoms with E-state index in [9.17, 15) is 5.11 Å². The summed E-state index contributed by atoms with van der Waals surface area (Å²) in [5.74, 6) is 0.440. The standard InChI is InChI=1S/C16H14N3O2Si/c1-10(20)11-2-4-12(5-3-11)13-8-14-15(18-7-6-17-14)16(19-13)21-9-22/h2-8,10,20H,9H2,1H3. The number of nitrogens with zero attached hydrogens (tertiary/aromatic N) is 3. The van der Waals surface area contributed by atoms with Gasteiger partial charge < -0.3 is 9.84 Å². The van der Waals surface area contributed by atoms with Gasteiger partial charge in [0.2, 0.25) is 5.88 Å². The molecule has 0 amide bonds. The summed E-state index contributed by atoms with van der Waals surface area (Å²) in [4.78, 5) is 13.1. The molecule has 3 rings (SSSR count). The number of pyridine rings is 1. The Labute approximate surface area is 131 Å². The minimum atomic E-state index is -0.489. The number of aliphatic hydroxyl groups is 1. The van der Waals surface area contributed by atoms with Crippen molar-refractivity contribution in [2.45, 2.75) is 13.0 Å². The summed E-state index contributed by atoms with van der Waals surface area (Å²) < 4.78 is 5.50. The molecule has 2 aromatic heterocycles. The topological polar surface area (TPSA) is 68.1 Å². The second-order valence-corrected chi connectivity index (χ2v) is 5.11. The lowest BCUT2D eigenvalue weighted by molar-refractivity contribution is 0.199. The van der Waals surface area contributed by atoms with Crippen molar-refractivity contribution >= 4 is 21.3 Å². The number of benzene rings is 1. The van der Waals surface area contributed by atoms with Crippen molar-refractivity contribution in [2.24, 2.45) is 0 Å². The van der Waals surface area contributed by atoms with Crippen LogP contribution < -0.4 is 4.74 Å². The van der Waals surface area contributed by atoms with Crippen molar-refractivity contribution in [1.29, 1.82) is 0 Å². The zero-order valence-corrected chi connectivity index (χ0v) is 13.0. The number of hydrogen-bond acceptors (Lipinski definition) is 5. The molecule has 5 nitrogen and oxygen atoms in total. The molecule has 0 saturated heterocycles. The van der Waals surface area contributed by atoms with Crippen LogP contribution >= 0.6 is 0 Å². The Hall–Kier alpha value is -2.31. The molecule has 1 atom stereocenters. The lowest BCUT2D eigenvalue weighted by Crippen LogP contribution is -2.01. The first-order chi connectivity index (χ1) is 10.7. The number of rotatable bonds is 4. The van der Waals surface area contributed by atoms with Crippen molar-refractivity contribution in [3.8, 4) is 17.1 Å². The van der Waals surface area contributed by atoms with Crippen LogP contribution in [-0.2, 0) is 0 Å². The number of ether oxygens (including phenoxy) is 1. The summed E-state index contributed by atoms with van der Waals surface area (Å²) >= 11 is 0. The molecule has 2 heterocycles. The van der Waals surface area contributed by atoms with Crippen LogP contribution in [0.2, 0.25) is 0 Å². The summed E-state index contributed by atoms with van der Waals surface area (Å²) in [6.45, 7) is 1.74. The van der Waals surface area contributed by atoms with Crippen LogP contribution in [0, 0.1) is 0 Å². The van der Waals surface area contributed by atoms with Crippen molar-refractivity contribution < 1.29 is 9.84 Å². The molecule has 0 aliphatic carbocycles. The maximum atomic E-state index is 9.58. The fourth-order valence-electron chi connectivity index (χ4n) is 2.19. The van der Waals surface area contributed by atoms with E-state index < -0.39 is 6.10 Å². The van der Waals surface area contributed by atoms with Crippen LogP contribution in [0.4, 0.5) is 0 Å². The summed E-state index contributed by atoms with van der Waals surface area (Å²) in [6.07, 6.45) is 3.08. The van der Waals surface area contributed by atoms with Crippen molar-refractivity contribution in [2.75, 3.05) is 6.23 Å². The number of hydrogen-bond donors (Lipinski definition) is 1. The molecule has 0 spiro atoms. The molecular weight excluding hydrogens is 294 g/mol. The van der Waals surface area contributed by atoms with E-state index in [0.717, 1.165) is 22.3 Å². The van der Waals surface area contributed by atoms with E-state index in [1.165, 1.54) is 0 Å². The van der Waals surface area contributed by atoms with Crippen molar-refractivity contribution in [1.82, 2.24) is 15.0 Å². The van der Waals surface area contributed by atoms with Gasteiger partial charge in [-0.1, -0.05) is 24.3 Å². The van der Waals surface area contributed by atoms with Crippen LogP contribution in [0.1, 0.15) is 18.6 Å². The van der Waals surface area contributed by atoms with Crippen LogP contribution in [-0.4, -0.2) is 36.5 Å². The molecule has 22 heavy (non-hydrogen) atoms. The lowest BCUT2D eigenvalue weighted by Gasteiger charge is -2.09. The fraction of sp³-hybridized carbons (Fsp3) is 0.188. The summed E-state index contributed by atoms with van der Waals surface area (Å²) in [7, 11) is 3.29. The van der Waals surface area contributed by atoms with Gasteiger partial charge in [-0.25, -0.2) is 9.97 Å². The molecule has 0 aliphatic rings. The van der Waals surface area contributed by atoms with Crippen molar-refractivity contribution in [3.05, 3.63) is 48.3 Å². The van der Waals surface area contributed by atoms with E-state index in [2.05, 4.69) is 25.2 Å². The van der Waals surface area contributed by atoms with Crippen LogP contribution in [0.3, 0.4) is 0 Å². The summed E-state index contributed by atoms with van der Waals surface area (Å²) in [5, 5.41) is 9.58. The predicted molar refractivity (Wildman–Crippen MR) is 84.7 cm³/mol. The lowest BCUT2D eigenvalue weighted by atomic mass is 10.1. The average molecular weight is 308 g/mol. The van der Waals surface area contributed by atoms with Gasteiger partial charge in [0, 0.05) is 18.0 Å². The quantitative estimate of drug-likeness (QED) is 0.749. The highest BCUT2D eigenvalue weighted by Gasteiger charge is 2.11. The minimum absolute atomic E-state index is 0.323. The smallest absolute Gasteiger partial charge is 0.242 e. The number of aliphatic hydroxyl groups excluding tert-OH is 1. The van der Waals surface area contributed by atoms with Gasteiger partial charge in [-0.2, -0.15) is 0 Å². The highest BCUT2D eigenvalue weighted by molar-refractivity contribution is 6.08. The van der Waals surface area contributed by atoms with Crippen LogP contribution in [0.25, 0.3) is 22.3 Å². The molecule has 0 fully saturated rings. The van der Waals surface area contributed by atoms with Crippen LogP contribution in [0.15, 0.2) is 42.7 Å². The van der Waals surface area contributed by atoms with Gasteiger partial charge in [-0.3, -0.25) is 4.98 Å². The van der Waals surface area contributed by atoms with Gasteiger partial charge in [0.1, 0.15) is 0 Å². The predicted octanol–water partition coefficient (Wildman–Crippen LogP) is 2.25. The van der Waals surface area contributed by atoms with E-state index in [4.69, 9.17) is 4.74 Å². The molecule has 3 aromatic rings. The van der Waals surface area contributed by atoms with Gasteiger partial charge in [-0.15, -0.1) is 0 Å². The maximum absolute atomic E-state index is 9.58. The molecule has 0 saturated carbocycles.